The predicted octanol–water partition coefficient (Wildman–Crippen LogP) is 2.59. The van der Waals surface area contributed by atoms with Gasteiger partial charge in [0.05, 0.1) is 16.8 Å². The number of hydrogen-bond donors (Lipinski definition) is 1. The van der Waals surface area contributed by atoms with Gasteiger partial charge in [-0.1, -0.05) is 0 Å². The van der Waals surface area contributed by atoms with E-state index in [4.69, 9.17) is 10.5 Å². The van der Waals surface area contributed by atoms with Crippen LogP contribution in [0.25, 0.3) is 0 Å². The summed E-state index contributed by atoms with van der Waals surface area (Å²) in [7, 11) is 0. The molecule has 2 unspecified atom stereocenters. The maximum atomic E-state index is 6.15. The maximum Gasteiger partial charge on any atom is 0.0946 e. The normalized spacial score (nSPS) is 21.9. The highest BCUT2D eigenvalue weighted by Gasteiger charge is 2.17. The van der Waals surface area contributed by atoms with Gasteiger partial charge in [0.25, 0.3) is 0 Å². The first kappa shape index (κ1) is 13.0. The van der Waals surface area contributed by atoms with E-state index in [2.05, 4.69) is 18.8 Å². The van der Waals surface area contributed by atoms with E-state index in [9.17, 15) is 0 Å². The minimum atomic E-state index is 0.226. The first-order valence-corrected chi connectivity index (χ1v) is 7.27. The number of nitrogens with zero attached hydrogens (tertiary/aromatic N) is 1. The molecule has 2 atom stereocenters. The zero-order chi connectivity index (χ0) is 12.3. The van der Waals surface area contributed by atoms with Crippen molar-refractivity contribution < 1.29 is 4.74 Å². The molecule has 2 rings (SSSR count). The third-order valence-corrected chi connectivity index (χ3v) is 4.49. The molecule has 2 N–H and O–H groups in total. The Balaban J connectivity index is 1.74. The van der Waals surface area contributed by atoms with Crippen LogP contribution in [0.15, 0.2) is 0 Å². The molecular weight excluding hydrogens is 232 g/mol. The molecule has 0 bridgehead atoms. The minimum absolute atomic E-state index is 0.226. The van der Waals surface area contributed by atoms with Crippen LogP contribution in [0.1, 0.15) is 41.3 Å². The summed E-state index contributed by atoms with van der Waals surface area (Å²) in [5.41, 5.74) is 7.30. The van der Waals surface area contributed by atoms with Crippen molar-refractivity contribution in [3.63, 3.8) is 0 Å². The average molecular weight is 254 g/mol. The topological polar surface area (TPSA) is 48.1 Å². The first-order chi connectivity index (χ1) is 8.15. The monoisotopic (exact) mass is 254 g/mol. The largest absolute Gasteiger partial charge is 0.378 e. The second-order valence-electron chi connectivity index (χ2n) is 4.93. The second kappa shape index (κ2) is 5.94. The maximum absolute atomic E-state index is 6.15. The Hall–Kier alpha value is -0.450. The van der Waals surface area contributed by atoms with Crippen molar-refractivity contribution in [1.29, 1.82) is 0 Å². The molecule has 4 heteroatoms. The van der Waals surface area contributed by atoms with Crippen LogP contribution in [0.4, 0.5) is 0 Å². The Morgan fingerprint density at radius 2 is 2.35 bits per heavy atom. The molecule has 0 aromatic carbocycles. The van der Waals surface area contributed by atoms with Gasteiger partial charge in [-0.25, -0.2) is 4.98 Å². The summed E-state index contributed by atoms with van der Waals surface area (Å²) in [6.07, 6.45) is 5.94. The van der Waals surface area contributed by atoms with Crippen LogP contribution in [0.3, 0.4) is 0 Å². The van der Waals surface area contributed by atoms with Gasteiger partial charge in [-0.3, -0.25) is 0 Å². The lowest BCUT2D eigenvalue weighted by Crippen LogP contribution is -2.24. The Kier molecular flexibility index (Phi) is 4.54. The van der Waals surface area contributed by atoms with Gasteiger partial charge < -0.3 is 10.5 Å². The van der Waals surface area contributed by atoms with Gasteiger partial charge in [-0.05, 0) is 39.5 Å². The highest BCUT2D eigenvalue weighted by molar-refractivity contribution is 7.11. The molecule has 96 valence electrons. The standard InChI is InChI=1S/C13H22N2OS/c1-9-10(2)17-13(15-9)8-11(14)5-6-12-4-3-7-16-12/h11-12H,3-8,14H2,1-2H3. The number of aryl methyl sites for hydroxylation is 2. The Bertz CT molecular complexity index is 339. The molecule has 1 fully saturated rings. The number of nitrogens with two attached hydrogens (primary N) is 1. The molecule has 0 aliphatic carbocycles. The highest BCUT2D eigenvalue weighted by Crippen LogP contribution is 2.21. The quantitative estimate of drug-likeness (QED) is 0.878. The molecule has 1 saturated heterocycles. The third-order valence-electron chi connectivity index (χ3n) is 3.39. The number of rotatable bonds is 5. The molecule has 0 saturated carbocycles. The van der Waals surface area contributed by atoms with Crippen molar-refractivity contribution >= 4 is 11.3 Å². The summed E-state index contributed by atoms with van der Waals surface area (Å²) in [5, 5.41) is 1.18. The van der Waals surface area contributed by atoms with E-state index in [0.717, 1.165) is 31.6 Å². The van der Waals surface area contributed by atoms with Crippen LogP contribution in [0.5, 0.6) is 0 Å². The van der Waals surface area contributed by atoms with E-state index in [0.29, 0.717) is 6.10 Å². The molecular formula is C13H22N2OS. The summed E-state index contributed by atoms with van der Waals surface area (Å²) >= 11 is 1.78. The van der Waals surface area contributed by atoms with Gasteiger partial charge >= 0.3 is 0 Å². The number of thiazole rings is 1. The fraction of sp³-hybridized carbons (Fsp3) is 0.769. The lowest BCUT2D eigenvalue weighted by atomic mass is 10.0. The van der Waals surface area contributed by atoms with Crippen LogP contribution < -0.4 is 5.73 Å². The molecule has 3 nitrogen and oxygen atoms in total. The molecule has 1 aromatic heterocycles. The Morgan fingerprint density at radius 3 is 2.94 bits per heavy atom. The van der Waals surface area contributed by atoms with Crippen molar-refractivity contribution in [3.05, 3.63) is 15.6 Å². The highest BCUT2D eigenvalue weighted by atomic mass is 32.1. The minimum Gasteiger partial charge on any atom is -0.378 e. The Labute approximate surface area is 107 Å². The Morgan fingerprint density at radius 1 is 1.53 bits per heavy atom. The summed E-state index contributed by atoms with van der Waals surface area (Å²) < 4.78 is 5.61. The second-order valence-corrected chi connectivity index (χ2v) is 6.21. The number of ether oxygens (including phenoxy) is 1. The van der Waals surface area contributed by atoms with E-state index in [1.165, 1.54) is 22.7 Å². The molecule has 1 aromatic rings. The number of hydrogen-bond acceptors (Lipinski definition) is 4. The van der Waals surface area contributed by atoms with E-state index in [1.807, 2.05) is 0 Å². The zero-order valence-electron chi connectivity index (χ0n) is 10.7. The molecule has 17 heavy (non-hydrogen) atoms. The van der Waals surface area contributed by atoms with Crippen molar-refractivity contribution in [3.8, 4) is 0 Å². The number of aromatic nitrogens is 1. The smallest absolute Gasteiger partial charge is 0.0946 e. The van der Waals surface area contributed by atoms with Crippen molar-refractivity contribution in [2.45, 2.75) is 58.1 Å². The molecule has 1 aliphatic rings. The lowest BCUT2D eigenvalue weighted by molar-refractivity contribution is 0.101. The van der Waals surface area contributed by atoms with Crippen molar-refractivity contribution in [2.75, 3.05) is 6.61 Å². The SMILES string of the molecule is Cc1nc(CC(N)CCC2CCCO2)sc1C. The van der Waals surface area contributed by atoms with Crippen LogP contribution >= 0.6 is 11.3 Å². The van der Waals surface area contributed by atoms with Crippen LogP contribution in [-0.2, 0) is 11.2 Å². The first-order valence-electron chi connectivity index (χ1n) is 6.45. The van der Waals surface area contributed by atoms with Gasteiger partial charge in [0.15, 0.2) is 0 Å². The third kappa shape index (κ3) is 3.76. The van der Waals surface area contributed by atoms with Crippen molar-refractivity contribution in [2.24, 2.45) is 5.73 Å². The van der Waals surface area contributed by atoms with Crippen molar-refractivity contribution in [1.82, 2.24) is 4.98 Å². The van der Waals surface area contributed by atoms with Gasteiger partial charge in [-0.2, -0.15) is 0 Å². The van der Waals surface area contributed by atoms with Crippen LogP contribution in [0, 0.1) is 13.8 Å². The molecule has 2 heterocycles. The van der Waals surface area contributed by atoms with E-state index < -0.39 is 0 Å². The summed E-state index contributed by atoms with van der Waals surface area (Å²) in [6, 6.07) is 0.226. The van der Waals surface area contributed by atoms with Crippen LogP contribution in [0.2, 0.25) is 0 Å². The summed E-state index contributed by atoms with van der Waals surface area (Å²) in [6.45, 7) is 5.12. The van der Waals surface area contributed by atoms with Gasteiger partial charge in [0, 0.05) is 23.9 Å². The average Bonchev–Trinajstić information content (AvgIpc) is 2.87. The zero-order valence-corrected chi connectivity index (χ0v) is 11.6. The van der Waals surface area contributed by atoms with Crippen LogP contribution in [-0.4, -0.2) is 23.7 Å². The predicted molar refractivity (Wildman–Crippen MR) is 71.5 cm³/mol. The lowest BCUT2D eigenvalue weighted by Gasteiger charge is -2.13. The fourth-order valence-electron chi connectivity index (χ4n) is 2.22. The molecule has 0 spiro atoms. The van der Waals surface area contributed by atoms with Gasteiger partial charge in [-0.15, -0.1) is 11.3 Å². The fourth-order valence-corrected chi connectivity index (χ4v) is 3.25. The van der Waals surface area contributed by atoms with Gasteiger partial charge in [0.2, 0.25) is 0 Å². The molecule has 0 amide bonds. The van der Waals surface area contributed by atoms with Gasteiger partial charge in [0.1, 0.15) is 0 Å². The molecule has 1 aliphatic heterocycles. The van der Waals surface area contributed by atoms with E-state index in [-0.39, 0.29) is 6.04 Å². The molecule has 0 radical (unpaired) electrons. The summed E-state index contributed by atoms with van der Waals surface area (Å²) in [4.78, 5) is 5.85. The van der Waals surface area contributed by atoms with E-state index >= 15 is 0 Å². The van der Waals surface area contributed by atoms with E-state index in [1.54, 1.807) is 11.3 Å². The summed E-state index contributed by atoms with van der Waals surface area (Å²) in [5.74, 6) is 0.